The Balaban J connectivity index is 1.72. The van der Waals surface area contributed by atoms with E-state index in [0.717, 1.165) is 23.2 Å². The molecule has 0 aliphatic carbocycles. The molecule has 1 aromatic heterocycles. The van der Waals surface area contributed by atoms with E-state index in [9.17, 15) is 0 Å². The molecule has 144 valence electrons. The second-order valence-electron chi connectivity index (χ2n) is 7.64. The Hall–Kier alpha value is -2.97. The fraction of sp³-hybridized carbons (Fsp3) is 0.154. The van der Waals surface area contributed by atoms with Gasteiger partial charge in [0.1, 0.15) is 5.15 Å². The topological polar surface area (TPSA) is 25.8 Å². The van der Waals surface area contributed by atoms with Crippen LogP contribution in [-0.4, -0.2) is 9.97 Å². The number of nitrogens with zero attached hydrogens (tertiary/aromatic N) is 2. The van der Waals surface area contributed by atoms with Crippen LogP contribution < -0.4 is 0 Å². The smallest absolute Gasteiger partial charge is 0.161 e. The summed E-state index contributed by atoms with van der Waals surface area (Å²) < 4.78 is 0. The largest absolute Gasteiger partial charge is 0.228 e. The van der Waals surface area contributed by atoms with Gasteiger partial charge in [0.2, 0.25) is 0 Å². The Bertz CT molecular complexity index is 1120. The number of aromatic nitrogens is 2. The molecule has 3 heteroatoms. The van der Waals surface area contributed by atoms with Crippen molar-refractivity contribution in [2.45, 2.75) is 20.3 Å². The van der Waals surface area contributed by atoms with E-state index in [2.05, 4.69) is 67.4 Å². The summed E-state index contributed by atoms with van der Waals surface area (Å²) >= 11 is 6.32. The third kappa shape index (κ3) is 4.72. The molecule has 29 heavy (non-hydrogen) atoms. The zero-order valence-corrected chi connectivity index (χ0v) is 17.4. The Labute approximate surface area is 177 Å². The minimum absolute atomic E-state index is 0.443. The van der Waals surface area contributed by atoms with Gasteiger partial charge in [-0.05, 0) is 35.1 Å². The van der Waals surface area contributed by atoms with Crippen molar-refractivity contribution in [1.82, 2.24) is 9.97 Å². The number of halogens is 1. The Morgan fingerprint density at radius 1 is 0.690 bits per heavy atom. The number of hydrogen-bond donors (Lipinski definition) is 0. The van der Waals surface area contributed by atoms with Gasteiger partial charge in [0.25, 0.3) is 0 Å². The molecule has 3 aromatic carbocycles. The maximum Gasteiger partial charge on any atom is 0.161 e. The van der Waals surface area contributed by atoms with E-state index in [1.807, 2.05) is 36.4 Å². The van der Waals surface area contributed by atoms with Crippen LogP contribution in [0.4, 0.5) is 0 Å². The quantitative estimate of drug-likeness (QED) is 0.329. The highest BCUT2D eigenvalue weighted by Gasteiger charge is 2.09. The van der Waals surface area contributed by atoms with E-state index in [1.54, 1.807) is 0 Å². The van der Waals surface area contributed by atoms with E-state index in [4.69, 9.17) is 16.6 Å². The maximum atomic E-state index is 6.32. The van der Waals surface area contributed by atoms with Gasteiger partial charge in [-0.15, -0.1) is 0 Å². The number of benzene rings is 3. The van der Waals surface area contributed by atoms with Gasteiger partial charge in [-0.1, -0.05) is 98.2 Å². The lowest BCUT2D eigenvalue weighted by Crippen LogP contribution is -1.94. The van der Waals surface area contributed by atoms with Crippen LogP contribution in [0.2, 0.25) is 5.15 Å². The summed E-state index contributed by atoms with van der Waals surface area (Å²) in [7, 11) is 0. The molecule has 0 aliphatic rings. The monoisotopic (exact) mass is 398 g/mol. The van der Waals surface area contributed by atoms with Crippen molar-refractivity contribution in [3.8, 4) is 33.8 Å². The molecule has 0 saturated carbocycles. The molecule has 2 nitrogen and oxygen atoms in total. The fourth-order valence-corrected chi connectivity index (χ4v) is 3.67. The Morgan fingerprint density at radius 3 is 2.10 bits per heavy atom. The van der Waals surface area contributed by atoms with E-state index in [0.29, 0.717) is 16.9 Å². The third-order valence-electron chi connectivity index (χ3n) is 4.79. The van der Waals surface area contributed by atoms with Crippen LogP contribution >= 0.6 is 11.6 Å². The molecule has 0 spiro atoms. The summed E-state index contributed by atoms with van der Waals surface area (Å²) in [5.41, 5.74) is 6.55. The van der Waals surface area contributed by atoms with Crippen molar-refractivity contribution in [3.63, 3.8) is 0 Å². The van der Waals surface area contributed by atoms with Crippen molar-refractivity contribution in [1.29, 1.82) is 0 Å². The zero-order valence-electron chi connectivity index (χ0n) is 16.6. The average molecular weight is 399 g/mol. The van der Waals surface area contributed by atoms with Gasteiger partial charge in [0.05, 0.1) is 5.69 Å². The molecule has 0 fully saturated rings. The van der Waals surface area contributed by atoms with Gasteiger partial charge in [-0.3, -0.25) is 0 Å². The van der Waals surface area contributed by atoms with Crippen LogP contribution in [0, 0.1) is 5.92 Å². The summed E-state index contributed by atoms with van der Waals surface area (Å²) in [6.45, 7) is 4.49. The first-order chi connectivity index (χ1) is 14.1. The summed E-state index contributed by atoms with van der Waals surface area (Å²) in [5, 5.41) is 0.443. The second kappa shape index (κ2) is 8.59. The van der Waals surface area contributed by atoms with E-state index in [-0.39, 0.29) is 0 Å². The SMILES string of the molecule is CC(C)Cc1cccc(-c2cccc(-c3cc(Cl)nc(-c4ccccc4)n3)c2)c1. The Morgan fingerprint density at radius 2 is 1.34 bits per heavy atom. The standard InChI is InChI=1S/C26H23ClN2/c1-18(2)14-19-8-6-11-21(15-19)22-12-7-13-23(16-22)24-17-25(27)29-26(28-24)20-9-4-3-5-10-20/h3-13,15-18H,14H2,1-2H3. The lowest BCUT2D eigenvalue weighted by Gasteiger charge is -2.10. The van der Waals surface area contributed by atoms with Gasteiger partial charge in [-0.25, -0.2) is 9.97 Å². The first-order valence-electron chi connectivity index (χ1n) is 9.88. The van der Waals surface area contributed by atoms with Crippen LogP contribution in [0.15, 0.2) is 84.9 Å². The number of hydrogen-bond acceptors (Lipinski definition) is 2. The molecular weight excluding hydrogens is 376 g/mol. The van der Waals surface area contributed by atoms with Crippen LogP contribution in [-0.2, 0) is 6.42 Å². The lowest BCUT2D eigenvalue weighted by molar-refractivity contribution is 0.647. The summed E-state index contributed by atoms with van der Waals surface area (Å²) in [6.07, 6.45) is 1.08. The minimum Gasteiger partial charge on any atom is -0.228 e. The average Bonchev–Trinajstić information content (AvgIpc) is 2.74. The van der Waals surface area contributed by atoms with Crippen molar-refractivity contribution >= 4 is 11.6 Å². The predicted octanol–water partition coefficient (Wildman–Crippen LogP) is 7.33. The summed E-state index contributed by atoms with van der Waals surface area (Å²) in [4.78, 5) is 9.17. The van der Waals surface area contributed by atoms with Crippen molar-refractivity contribution in [2.24, 2.45) is 5.92 Å². The fourth-order valence-electron chi connectivity index (χ4n) is 3.49. The summed E-state index contributed by atoms with van der Waals surface area (Å²) in [6, 6.07) is 28.9. The highest BCUT2D eigenvalue weighted by Crippen LogP contribution is 2.29. The van der Waals surface area contributed by atoms with E-state index < -0.39 is 0 Å². The zero-order chi connectivity index (χ0) is 20.2. The predicted molar refractivity (Wildman–Crippen MR) is 122 cm³/mol. The molecule has 4 aromatic rings. The molecule has 0 aliphatic heterocycles. The molecule has 4 rings (SSSR count). The lowest BCUT2D eigenvalue weighted by atomic mass is 9.96. The normalized spacial score (nSPS) is 11.0. The van der Waals surface area contributed by atoms with Gasteiger partial charge < -0.3 is 0 Å². The molecule has 0 bridgehead atoms. The van der Waals surface area contributed by atoms with Gasteiger partial charge in [0, 0.05) is 17.2 Å². The van der Waals surface area contributed by atoms with Crippen LogP contribution in [0.3, 0.4) is 0 Å². The van der Waals surface area contributed by atoms with E-state index in [1.165, 1.54) is 16.7 Å². The van der Waals surface area contributed by atoms with Gasteiger partial charge >= 0.3 is 0 Å². The molecular formula is C26H23ClN2. The Kier molecular flexibility index (Phi) is 5.73. The van der Waals surface area contributed by atoms with Gasteiger partial charge in [0.15, 0.2) is 5.82 Å². The highest BCUT2D eigenvalue weighted by molar-refractivity contribution is 6.29. The molecule has 0 saturated heterocycles. The van der Waals surface area contributed by atoms with Crippen molar-refractivity contribution < 1.29 is 0 Å². The third-order valence-corrected chi connectivity index (χ3v) is 4.98. The first-order valence-corrected chi connectivity index (χ1v) is 10.3. The van der Waals surface area contributed by atoms with Crippen LogP contribution in [0.25, 0.3) is 33.8 Å². The summed E-state index contributed by atoms with van der Waals surface area (Å²) in [5.74, 6) is 1.27. The molecule has 0 amide bonds. The molecule has 0 N–H and O–H groups in total. The van der Waals surface area contributed by atoms with E-state index >= 15 is 0 Å². The molecule has 0 radical (unpaired) electrons. The van der Waals surface area contributed by atoms with Gasteiger partial charge in [-0.2, -0.15) is 0 Å². The minimum atomic E-state index is 0.443. The second-order valence-corrected chi connectivity index (χ2v) is 8.03. The van der Waals surface area contributed by atoms with Crippen molar-refractivity contribution in [2.75, 3.05) is 0 Å². The molecule has 0 atom stereocenters. The number of rotatable bonds is 5. The molecule has 0 unspecified atom stereocenters. The highest BCUT2D eigenvalue weighted by atomic mass is 35.5. The molecule has 1 heterocycles. The van der Waals surface area contributed by atoms with Crippen LogP contribution in [0.5, 0.6) is 0 Å². The van der Waals surface area contributed by atoms with Crippen molar-refractivity contribution in [3.05, 3.63) is 95.6 Å². The van der Waals surface area contributed by atoms with Crippen LogP contribution in [0.1, 0.15) is 19.4 Å². The first kappa shape index (κ1) is 19.4. The maximum absolute atomic E-state index is 6.32.